The molecule has 0 aliphatic rings. The number of aromatic nitrogens is 2. The van der Waals surface area contributed by atoms with Crippen LogP contribution in [-0.2, 0) is 17.9 Å². The molecule has 0 fully saturated rings. The predicted molar refractivity (Wildman–Crippen MR) is 89.6 cm³/mol. The molecule has 0 N–H and O–H groups in total. The Morgan fingerprint density at radius 1 is 1.35 bits per heavy atom. The molecule has 0 spiro atoms. The van der Waals surface area contributed by atoms with E-state index >= 15 is 0 Å². The molecule has 0 amide bonds. The maximum Gasteiger partial charge on any atom is 0.189 e. The Hall–Kier alpha value is -2.40. The molecular formula is C18H22N2O3. The van der Waals surface area contributed by atoms with Gasteiger partial charge in [0.25, 0.3) is 0 Å². The van der Waals surface area contributed by atoms with E-state index in [9.17, 15) is 4.79 Å². The van der Waals surface area contributed by atoms with Crippen LogP contribution in [0.1, 0.15) is 35.3 Å². The van der Waals surface area contributed by atoms with Crippen LogP contribution in [0.5, 0.6) is 5.75 Å². The van der Waals surface area contributed by atoms with Gasteiger partial charge in [0, 0.05) is 24.9 Å². The van der Waals surface area contributed by atoms with Crippen molar-refractivity contribution in [1.82, 2.24) is 9.78 Å². The lowest BCUT2D eigenvalue weighted by molar-refractivity contribution is 0.104. The summed E-state index contributed by atoms with van der Waals surface area (Å²) in [7, 11) is 1.63. The zero-order valence-corrected chi connectivity index (χ0v) is 13.8. The lowest BCUT2D eigenvalue weighted by Gasteiger charge is -2.09. The van der Waals surface area contributed by atoms with Gasteiger partial charge in [-0.05, 0) is 37.6 Å². The molecular weight excluding hydrogens is 292 g/mol. The van der Waals surface area contributed by atoms with Crippen molar-refractivity contribution < 1.29 is 14.3 Å². The van der Waals surface area contributed by atoms with Crippen molar-refractivity contribution in [3.63, 3.8) is 0 Å². The van der Waals surface area contributed by atoms with E-state index in [1.165, 1.54) is 0 Å². The summed E-state index contributed by atoms with van der Waals surface area (Å²) in [6.45, 7) is 5.80. The van der Waals surface area contributed by atoms with E-state index in [1.54, 1.807) is 36.3 Å². The van der Waals surface area contributed by atoms with Gasteiger partial charge in [-0.3, -0.25) is 9.48 Å². The molecule has 0 unspecified atom stereocenters. The summed E-state index contributed by atoms with van der Waals surface area (Å²) in [6, 6.07) is 5.76. The van der Waals surface area contributed by atoms with E-state index in [4.69, 9.17) is 9.47 Å². The second-order valence-corrected chi connectivity index (χ2v) is 4.99. The van der Waals surface area contributed by atoms with Crippen molar-refractivity contribution in [3.05, 3.63) is 53.4 Å². The molecule has 5 heteroatoms. The van der Waals surface area contributed by atoms with E-state index in [0.717, 1.165) is 23.4 Å². The fourth-order valence-corrected chi connectivity index (χ4v) is 2.16. The first-order valence-corrected chi connectivity index (χ1v) is 7.67. The molecule has 0 bridgehead atoms. The highest BCUT2D eigenvalue weighted by Crippen LogP contribution is 2.21. The lowest BCUT2D eigenvalue weighted by Crippen LogP contribution is -1.97. The van der Waals surface area contributed by atoms with Crippen LogP contribution >= 0.6 is 0 Å². The third-order valence-corrected chi connectivity index (χ3v) is 3.44. The Labute approximate surface area is 136 Å². The maximum absolute atomic E-state index is 12.1. The number of benzene rings is 1. The smallest absolute Gasteiger partial charge is 0.189 e. The summed E-state index contributed by atoms with van der Waals surface area (Å²) in [6.07, 6.45) is 6.69. The minimum Gasteiger partial charge on any atom is -0.496 e. The number of carbonyl (C=O) groups is 1. The van der Waals surface area contributed by atoms with Gasteiger partial charge in [-0.15, -0.1) is 0 Å². The summed E-state index contributed by atoms with van der Waals surface area (Å²) in [5.41, 5.74) is 2.48. The van der Waals surface area contributed by atoms with Crippen LogP contribution in [0.3, 0.4) is 0 Å². The van der Waals surface area contributed by atoms with Crippen LogP contribution in [-0.4, -0.2) is 29.3 Å². The van der Waals surface area contributed by atoms with Gasteiger partial charge in [0.2, 0.25) is 0 Å². The molecule has 1 aromatic heterocycles. The third-order valence-electron chi connectivity index (χ3n) is 3.44. The number of hydrogen-bond donors (Lipinski definition) is 0. The van der Waals surface area contributed by atoms with Crippen molar-refractivity contribution >= 4 is 11.9 Å². The number of rotatable bonds is 8. The van der Waals surface area contributed by atoms with E-state index in [1.807, 2.05) is 32.0 Å². The van der Waals surface area contributed by atoms with Crippen LogP contribution in [0, 0.1) is 0 Å². The van der Waals surface area contributed by atoms with E-state index < -0.39 is 0 Å². The molecule has 0 saturated carbocycles. The largest absolute Gasteiger partial charge is 0.496 e. The topological polar surface area (TPSA) is 53.3 Å². The average Bonchev–Trinajstić information content (AvgIpc) is 3.07. The zero-order valence-electron chi connectivity index (χ0n) is 13.8. The fourth-order valence-electron chi connectivity index (χ4n) is 2.16. The van der Waals surface area contributed by atoms with Gasteiger partial charge in [-0.2, -0.15) is 5.10 Å². The van der Waals surface area contributed by atoms with Crippen molar-refractivity contribution in [2.24, 2.45) is 0 Å². The standard InChI is InChI=1S/C18H22N2O3/c1-4-20-12-16(11-19-20)17(21)8-6-14-7-9-18(22-3)15(10-14)13-23-5-2/h6-12H,4-5,13H2,1-3H3/b8-6+. The normalized spacial score (nSPS) is 11.1. The van der Waals surface area contributed by atoms with Crippen LogP contribution in [0.15, 0.2) is 36.7 Å². The van der Waals surface area contributed by atoms with Crippen molar-refractivity contribution in [1.29, 1.82) is 0 Å². The van der Waals surface area contributed by atoms with Gasteiger partial charge in [-0.1, -0.05) is 12.1 Å². The minimum absolute atomic E-state index is 0.0631. The number of ketones is 1. The summed E-state index contributed by atoms with van der Waals surface area (Å²) in [5.74, 6) is 0.720. The second-order valence-electron chi connectivity index (χ2n) is 4.99. The molecule has 5 nitrogen and oxygen atoms in total. The number of allylic oxidation sites excluding steroid dienone is 1. The monoisotopic (exact) mass is 314 g/mol. The molecule has 0 aliphatic heterocycles. The van der Waals surface area contributed by atoms with E-state index in [0.29, 0.717) is 18.8 Å². The summed E-state index contributed by atoms with van der Waals surface area (Å²) < 4.78 is 12.5. The number of hydrogen-bond acceptors (Lipinski definition) is 4. The van der Waals surface area contributed by atoms with Crippen LogP contribution in [0.2, 0.25) is 0 Å². The molecule has 0 radical (unpaired) electrons. The highest BCUT2D eigenvalue weighted by Gasteiger charge is 2.06. The van der Waals surface area contributed by atoms with Crippen molar-refractivity contribution in [2.75, 3.05) is 13.7 Å². The number of aryl methyl sites for hydroxylation is 1. The maximum atomic E-state index is 12.1. The van der Waals surface area contributed by atoms with Gasteiger partial charge in [0.1, 0.15) is 5.75 Å². The number of ether oxygens (including phenoxy) is 2. The highest BCUT2D eigenvalue weighted by atomic mass is 16.5. The van der Waals surface area contributed by atoms with Gasteiger partial charge in [0.15, 0.2) is 5.78 Å². The SMILES string of the molecule is CCOCc1cc(/C=C/C(=O)c2cnn(CC)c2)ccc1OC. The lowest BCUT2D eigenvalue weighted by atomic mass is 10.1. The summed E-state index contributed by atoms with van der Waals surface area (Å²) >= 11 is 0. The first-order chi connectivity index (χ1) is 11.2. The summed E-state index contributed by atoms with van der Waals surface area (Å²) in [5, 5.41) is 4.11. The van der Waals surface area contributed by atoms with Gasteiger partial charge in [-0.25, -0.2) is 0 Å². The zero-order chi connectivity index (χ0) is 16.7. The first-order valence-electron chi connectivity index (χ1n) is 7.67. The Bertz CT molecular complexity index is 689. The molecule has 1 aromatic carbocycles. The molecule has 0 aliphatic carbocycles. The Morgan fingerprint density at radius 3 is 2.83 bits per heavy atom. The third kappa shape index (κ3) is 4.53. The number of methoxy groups -OCH3 is 1. The van der Waals surface area contributed by atoms with Crippen molar-refractivity contribution in [2.45, 2.75) is 27.0 Å². The Kier molecular flexibility index (Phi) is 6.11. The molecule has 2 rings (SSSR count). The van der Waals surface area contributed by atoms with Crippen LogP contribution in [0.25, 0.3) is 6.08 Å². The van der Waals surface area contributed by atoms with E-state index in [2.05, 4.69) is 5.10 Å². The number of nitrogens with zero attached hydrogens (tertiary/aromatic N) is 2. The molecule has 0 atom stereocenters. The van der Waals surface area contributed by atoms with Crippen LogP contribution in [0.4, 0.5) is 0 Å². The summed E-state index contributed by atoms with van der Waals surface area (Å²) in [4.78, 5) is 12.1. The quantitative estimate of drug-likeness (QED) is 0.554. The van der Waals surface area contributed by atoms with Gasteiger partial charge >= 0.3 is 0 Å². The second kappa shape index (κ2) is 8.29. The van der Waals surface area contributed by atoms with Crippen molar-refractivity contribution in [3.8, 4) is 5.75 Å². The number of carbonyl (C=O) groups excluding carboxylic acids is 1. The molecule has 23 heavy (non-hydrogen) atoms. The first kappa shape index (κ1) is 17.0. The average molecular weight is 314 g/mol. The Balaban J connectivity index is 2.13. The molecule has 1 heterocycles. The van der Waals surface area contributed by atoms with Crippen LogP contribution < -0.4 is 4.74 Å². The minimum atomic E-state index is -0.0631. The van der Waals surface area contributed by atoms with Gasteiger partial charge < -0.3 is 9.47 Å². The molecule has 2 aromatic rings. The molecule has 122 valence electrons. The predicted octanol–water partition coefficient (Wildman–Crippen LogP) is 3.34. The Morgan fingerprint density at radius 2 is 2.17 bits per heavy atom. The molecule has 0 saturated heterocycles. The fraction of sp³-hybridized carbons (Fsp3) is 0.333. The highest BCUT2D eigenvalue weighted by molar-refractivity contribution is 6.06. The van der Waals surface area contributed by atoms with E-state index in [-0.39, 0.29) is 5.78 Å². The van der Waals surface area contributed by atoms with Gasteiger partial charge in [0.05, 0.1) is 25.5 Å².